The molecule has 0 aromatic heterocycles. The van der Waals surface area contributed by atoms with E-state index in [4.69, 9.17) is 9.47 Å². The van der Waals surface area contributed by atoms with Crippen LogP contribution in [0.5, 0.6) is 23.0 Å². The molecule has 0 bridgehead atoms. The van der Waals surface area contributed by atoms with Gasteiger partial charge in [0, 0.05) is 0 Å². The second kappa shape index (κ2) is 7.77. The number of rotatable bonds is 6. The molecule has 1 unspecified atom stereocenters. The Morgan fingerprint density at radius 3 is 2.21 bits per heavy atom. The first-order valence-corrected chi connectivity index (χ1v) is 7.85. The van der Waals surface area contributed by atoms with Gasteiger partial charge in [0.1, 0.15) is 0 Å². The van der Waals surface area contributed by atoms with Crippen LogP contribution >= 0.6 is 0 Å². The van der Waals surface area contributed by atoms with Gasteiger partial charge in [0.05, 0.1) is 14.2 Å². The van der Waals surface area contributed by atoms with E-state index in [1.807, 2.05) is 24.3 Å². The maximum absolute atomic E-state index is 9.68. The summed E-state index contributed by atoms with van der Waals surface area (Å²) >= 11 is 0. The van der Waals surface area contributed by atoms with Crippen LogP contribution in [0.3, 0.4) is 0 Å². The van der Waals surface area contributed by atoms with E-state index >= 15 is 0 Å². The summed E-state index contributed by atoms with van der Waals surface area (Å²) in [6.45, 7) is 4.24. The second-order valence-corrected chi connectivity index (χ2v) is 5.93. The summed E-state index contributed by atoms with van der Waals surface area (Å²) < 4.78 is 10.3. The van der Waals surface area contributed by atoms with E-state index in [0.717, 1.165) is 17.5 Å². The second-order valence-electron chi connectivity index (χ2n) is 5.93. The molecule has 0 saturated heterocycles. The Bertz CT molecular complexity index is 734. The molecule has 0 saturated carbocycles. The van der Waals surface area contributed by atoms with Gasteiger partial charge in [-0.05, 0) is 54.7 Å². The third-order valence-corrected chi connectivity index (χ3v) is 4.16. The zero-order chi connectivity index (χ0) is 17.7. The number of methoxy groups -OCH3 is 2. The summed E-state index contributed by atoms with van der Waals surface area (Å²) in [5.41, 5.74) is 3.31. The molecule has 0 aliphatic carbocycles. The summed E-state index contributed by atoms with van der Waals surface area (Å²) in [5.74, 6) is 1.56. The summed E-state index contributed by atoms with van der Waals surface area (Å²) in [7, 11) is 3.09. The van der Waals surface area contributed by atoms with Gasteiger partial charge in [0.15, 0.2) is 23.0 Å². The van der Waals surface area contributed by atoms with Crippen molar-refractivity contribution in [3.8, 4) is 23.0 Å². The number of ether oxygens (including phenoxy) is 2. The van der Waals surface area contributed by atoms with Crippen molar-refractivity contribution in [3.05, 3.63) is 53.1 Å². The van der Waals surface area contributed by atoms with E-state index in [2.05, 4.69) is 19.9 Å². The van der Waals surface area contributed by atoms with Gasteiger partial charge >= 0.3 is 0 Å². The van der Waals surface area contributed by atoms with Gasteiger partial charge in [0.2, 0.25) is 0 Å². The van der Waals surface area contributed by atoms with Crippen LogP contribution in [0.25, 0.3) is 6.08 Å². The molecule has 24 heavy (non-hydrogen) atoms. The Hall–Kier alpha value is -2.62. The quantitative estimate of drug-likeness (QED) is 0.825. The molecule has 2 aromatic carbocycles. The smallest absolute Gasteiger partial charge is 0.161 e. The van der Waals surface area contributed by atoms with Crippen LogP contribution in [0.2, 0.25) is 0 Å². The third kappa shape index (κ3) is 4.22. The third-order valence-electron chi connectivity index (χ3n) is 4.16. The van der Waals surface area contributed by atoms with Crippen molar-refractivity contribution in [3.63, 3.8) is 0 Å². The minimum Gasteiger partial charge on any atom is -0.504 e. The molecule has 1 atom stereocenters. The van der Waals surface area contributed by atoms with Gasteiger partial charge in [-0.3, -0.25) is 0 Å². The molecule has 4 heteroatoms. The molecule has 2 N–H and O–H groups in total. The minimum atomic E-state index is 0.136. The molecule has 0 radical (unpaired) electrons. The Morgan fingerprint density at radius 1 is 1.00 bits per heavy atom. The minimum absolute atomic E-state index is 0.136. The molecule has 0 amide bonds. The van der Waals surface area contributed by atoms with Crippen molar-refractivity contribution in [1.82, 2.24) is 0 Å². The molecule has 0 fully saturated rings. The molecule has 2 rings (SSSR count). The molecular formula is C20H24O4. The van der Waals surface area contributed by atoms with Crippen LogP contribution in [0.1, 0.15) is 25.0 Å². The van der Waals surface area contributed by atoms with Crippen molar-refractivity contribution in [2.24, 2.45) is 5.92 Å². The van der Waals surface area contributed by atoms with Crippen molar-refractivity contribution in [2.75, 3.05) is 14.2 Å². The highest BCUT2D eigenvalue weighted by Gasteiger charge is 2.10. The van der Waals surface area contributed by atoms with E-state index < -0.39 is 0 Å². The van der Waals surface area contributed by atoms with Gasteiger partial charge in [-0.1, -0.05) is 30.7 Å². The number of phenols is 2. The number of allylic oxidation sites excluding steroid dienone is 1. The highest BCUT2D eigenvalue weighted by molar-refractivity contribution is 5.58. The Kier molecular flexibility index (Phi) is 5.74. The highest BCUT2D eigenvalue weighted by Crippen LogP contribution is 2.30. The number of aromatic hydroxyl groups is 2. The lowest BCUT2D eigenvalue weighted by atomic mass is 9.93. The van der Waals surface area contributed by atoms with Crippen molar-refractivity contribution < 1.29 is 19.7 Å². The lowest BCUT2D eigenvalue weighted by molar-refractivity contribution is 0.372. The maximum Gasteiger partial charge on any atom is 0.161 e. The van der Waals surface area contributed by atoms with E-state index in [1.165, 1.54) is 12.7 Å². The average Bonchev–Trinajstić information content (AvgIpc) is 2.58. The Morgan fingerprint density at radius 2 is 1.58 bits per heavy atom. The fourth-order valence-corrected chi connectivity index (χ4v) is 2.55. The first-order valence-electron chi connectivity index (χ1n) is 7.85. The standard InChI is InChI=1S/C20H24O4/c1-13(9-15-5-7-17(21)19(11-15)23-3)14(2)10-16-6-8-18(22)20(12-16)24-4/h5-9,11-12,14,21-22H,10H2,1-4H3. The Balaban J connectivity index is 2.15. The lowest BCUT2D eigenvalue weighted by Crippen LogP contribution is -2.01. The van der Waals surface area contributed by atoms with Crippen LogP contribution in [0, 0.1) is 5.92 Å². The molecule has 0 aliphatic rings. The fraction of sp³-hybridized carbons (Fsp3) is 0.300. The molecule has 0 aliphatic heterocycles. The maximum atomic E-state index is 9.68. The normalized spacial score (nSPS) is 12.8. The summed E-state index contributed by atoms with van der Waals surface area (Å²) in [4.78, 5) is 0. The molecule has 4 nitrogen and oxygen atoms in total. The lowest BCUT2D eigenvalue weighted by Gasteiger charge is -2.14. The first-order chi connectivity index (χ1) is 11.4. The predicted octanol–water partition coefficient (Wildman–Crippen LogP) is 4.40. The largest absolute Gasteiger partial charge is 0.504 e. The summed E-state index contributed by atoms with van der Waals surface area (Å²) in [6, 6.07) is 10.7. The average molecular weight is 328 g/mol. The summed E-state index contributed by atoms with van der Waals surface area (Å²) in [6.07, 6.45) is 2.93. The van der Waals surface area contributed by atoms with Crippen LogP contribution in [0.4, 0.5) is 0 Å². The molecule has 128 valence electrons. The fourth-order valence-electron chi connectivity index (χ4n) is 2.55. The van der Waals surface area contributed by atoms with E-state index in [-0.39, 0.29) is 11.5 Å². The Labute approximate surface area is 143 Å². The van der Waals surface area contributed by atoms with Crippen LogP contribution in [0.15, 0.2) is 42.0 Å². The number of phenolic OH excluding ortho intramolecular Hbond substituents is 2. The summed E-state index contributed by atoms with van der Waals surface area (Å²) in [5, 5.41) is 19.3. The van der Waals surface area contributed by atoms with Crippen LogP contribution in [-0.4, -0.2) is 24.4 Å². The van der Waals surface area contributed by atoms with Gasteiger partial charge in [-0.25, -0.2) is 0 Å². The molecule has 0 spiro atoms. The van der Waals surface area contributed by atoms with Crippen LogP contribution < -0.4 is 9.47 Å². The van der Waals surface area contributed by atoms with Gasteiger partial charge < -0.3 is 19.7 Å². The first kappa shape index (κ1) is 17.7. The molecule has 0 heterocycles. The van der Waals surface area contributed by atoms with Gasteiger partial charge in [-0.15, -0.1) is 0 Å². The van der Waals surface area contributed by atoms with Gasteiger partial charge in [-0.2, -0.15) is 0 Å². The van der Waals surface area contributed by atoms with E-state index in [0.29, 0.717) is 17.4 Å². The van der Waals surface area contributed by atoms with Crippen LogP contribution in [-0.2, 0) is 6.42 Å². The van der Waals surface area contributed by atoms with Crippen molar-refractivity contribution in [1.29, 1.82) is 0 Å². The number of benzene rings is 2. The van der Waals surface area contributed by atoms with Crippen molar-refractivity contribution >= 4 is 6.08 Å². The topological polar surface area (TPSA) is 58.9 Å². The van der Waals surface area contributed by atoms with E-state index in [1.54, 1.807) is 19.2 Å². The van der Waals surface area contributed by atoms with Gasteiger partial charge in [0.25, 0.3) is 0 Å². The van der Waals surface area contributed by atoms with E-state index in [9.17, 15) is 10.2 Å². The number of hydrogen-bond acceptors (Lipinski definition) is 4. The molecular weight excluding hydrogens is 304 g/mol. The molecule has 2 aromatic rings. The number of hydrogen-bond donors (Lipinski definition) is 2. The zero-order valence-electron chi connectivity index (χ0n) is 14.5. The SMILES string of the molecule is COc1cc(C=C(C)C(C)Cc2ccc(O)c(OC)c2)ccc1O. The monoisotopic (exact) mass is 328 g/mol. The van der Waals surface area contributed by atoms with Crippen molar-refractivity contribution in [2.45, 2.75) is 20.3 Å². The zero-order valence-corrected chi connectivity index (χ0v) is 14.5. The predicted molar refractivity (Wildman–Crippen MR) is 95.8 cm³/mol. The highest BCUT2D eigenvalue weighted by atomic mass is 16.5.